The maximum absolute atomic E-state index is 11.0. The second kappa shape index (κ2) is 5.05. The van der Waals surface area contributed by atoms with Crippen molar-refractivity contribution in [2.45, 2.75) is 38.2 Å². The summed E-state index contributed by atoms with van der Waals surface area (Å²) in [5, 5.41) is 18.7. The quantitative estimate of drug-likeness (QED) is 0.660. The van der Waals surface area contributed by atoms with Crippen LogP contribution in [0.15, 0.2) is 6.20 Å². The Morgan fingerprint density at radius 3 is 3.00 bits per heavy atom. The van der Waals surface area contributed by atoms with Crippen LogP contribution in [0.4, 0.5) is 0 Å². The van der Waals surface area contributed by atoms with Gasteiger partial charge in [0.2, 0.25) is 0 Å². The standard InChI is InChI=1S/C11H17N3O4/c1-6-13-7(11(12)17)5-14(6)10-4-8(16)9(18-10)2-3-15/h5,8-10,15-16H,2-4H2,1H3,(H2,12,17). The summed E-state index contributed by atoms with van der Waals surface area (Å²) >= 11 is 0. The summed E-state index contributed by atoms with van der Waals surface area (Å²) in [5.41, 5.74) is 5.34. The molecule has 2 rings (SSSR count). The van der Waals surface area contributed by atoms with Gasteiger partial charge in [-0.15, -0.1) is 0 Å². The van der Waals surface area contributed by atoms with Crippen LogP contribution in [0.3, 0.4) is 0 Å². The molecule has 4 N–H and O–H groups in total. The van der Waals surface area contributed by atoms with Crippen molar-refractivity contribution < 1.29 is 19.7 Å². The Morgan fingerprint density at radius 1 is 1.72 bits per heavy atom. The predicted octanol–water partition coefficient (Wildman–Crippen LogP) is -0.679. The lowest BCUT2D eigenvalue weighted by Crippen LogP contribution is -2.21. The third kappa shape index (κ3) is 2.38. The highest BCUT2D eigenvalue weighted by atomic mass is 16.5. The smallest absolute Gasteiger partial charge is 0.268 e. The fraction of sp³-hybridized carbons (Fsp3) is 0.636. The lowest BCUT2D eigenvalue weighted by atomic mass is 10.1. The average Bonchev–Trinajstić information content (AvgIpc) is 2.84. The van der Waals surface area contributed by atoms with Gasteiger partial charge < -0.3 is 25.3 Å². The van der Waals surface area contributed by atoms with Crippen molar-refractivity contribution >= 4 is 5.91 Å². The van der Waals surface area contributed by atoms with Crippen LogP contribution in [-0.2, 0) is 4.74 Å². The Labute approximate surface area is 104 Å². The van der Waals surface area contributed by atoms with Crippen LogP contribution in [0, 0.1) is 6.92 Å². The largest absolute Gasteiger partial charge is 0.396 e. The number of nitrogens with two attached hydrogens (primary N) is 1. The molecule has 18 heavy (non-hydrogen) atoms. The van der Waals surface area contributed by atoms with Crippen LogP contribution in [0.25, 0.3) is 0 Å². The topological polar surface area (TPSA) is 111 Å². The highest BCUT2D eigenvalue weighted by molar-refractivity contribution is 5.90. The third-order valence-corrected chi connectivity index (χ3v) is 3.10. The van der Waals surface area contributed by atoms with Gasteiger partial charge in [0.05, 0.1) is 12.2 Å². The molecule has 7 heteroatoms. The van der Waals surface area contributed by atoms with E-state index in [1.807, 2.05) is 0 Å². The molecule has 1 amide bonds. The summed E-state index contributed by atoms with van der Waals surface area (Å²) < 4.78 is 7.32. The SMILES string of the molecule is Cc1nc(C(N)=O)cn1C1CC(O)C(CCO)O1. The van der Waals surface area contributed by atoms with Gasteiger partial charge in [-0.05, 0) is 13.3 Å². The van der Waals surface area contributed by atoms with Crippen LogP contribution in [0.1, 0.15) is 35.4 Å². The molecule has 100 valence electrons. The molecule has 0 aliphatic carbocycles. The molecule has 1 aromatic rings. The summed E-state index contributed by atoms with van der Waals surface area (Å²) in [5.74, 6) is 0.00736. The van der Waals surface area contributed by atoms with Crippen molar-refractivity contribution in [3.05, 3.63) is 17.7 Å². The van der Waals surface area contributed by atoms with E-state index in [0.717, 1.165) is 0 Å². The van der Waals surface area contributed by atoms with E-state index in [-0.39, 0.29) is 24.6 Å². The number of hydrogen-bond donors (Lipinski definition) is 3. The van der Waals surface area contributed by atoms with Gasteiger partial charge in [-0.25, -0.2) is 4.98 Å². The highest BCUT2D eigenvalue weighted by Crippen LogP contribution is 2.31. The number of carbonyl (C=O) groups excluding carboxylic acids is 1. The molecule has 1 fully saturated rings. The molecule has 1 aromatic heterocycles. The number of aryl methyl sites for hydroxylation is 1. The van der Waals surface area contributed by atoms with E-state index in [1.54, 1.807) is 11.5 Å². The van der Waals surface area contributed by atoms with Gasteiger partial charge in [-0.3, -0.25) is 4.79 Å². The van der Waals surface area contributed by atoms with E-state index >= 15 is 0 Å². The zero-order chi connectivity index (χ0) is 13.3. The first-order chi connectivity index (χ1) is 8.52. The summed E-state index contributed by atoms with van der Waals surface area (Å²) in [4.78, 5) is 15.1. The Balaban J connectivity index is 2.15. The summed E-state index contributed by atoms with van der Waals surface area (Å²) in [6.45, 7) is 1.70. The van der Waals surface area contributed by atoms with E-state index in [0.29, 0.717) is 18.7 Å². The molecule has 1 saturated heterocycles. The number of aliphatic hydroxyl groups excluding tert-OH is 2. The Morgan fingerprint density at radius 2 is 2.44 bits per heavy atom. The van der Waals surface area contributed by atoms with Crippen LogP contribution in [0.5, 0.6) is 0 Å². The van der Waals surface area contributed by atoms with Crippen molar-refractivity contribution in [3.63, 3.8) is 0 Å². The maximum Gasteiger partial charge on any atom is 0.268 e. The second-order valence-electron chi connectivity index (χ2n) is 4.39. The van der Waals surface area contributed by atoms with Crippen LogP contribution < -0.4 is 5.73 Å². The Kier molecular flexibility index (Phi) is 3.65. The zero-order valence-electron chi connectivity index (χ0n) is 10.1. The second-order valence-corrected chi connectivity index (χ2v) is 4.39. The predicted molar refractivity (Wildman–Crippen MR) is 61.7 cm³/mol. The average molecular weight is 255 g/mol. The number of aromatic nitrogens is 2. The first-order valence-electron chi connectivity index (χ1n) is 5.82. The molecule has 0 saturated carbocycles. The van der Waals surface area contributed by atoms with Crippen molar-refractivity contribution in [2.24, 2.45) is 5.73 Å². The number of hydrogen-bond acceptors (Lipinski definition) is 5. The van der Waals surface area contributed by atoms with Gasteiger partial charge in [0.1, 0.15) is 17.7 Å². The van der Waals surface area contributed by atoms with Crippen molar-refractivity contribution in [1.29, 1.82) is 0 Å². The van der Waals surface area contributed by atoms with Gasteiger partial charge in [0, 0.05) is 19.2 Å². The molecule has 1 aliphatic heterocycles. The number of carbonyl (C=O) groups is 1. The number of rotatable bonds is 4. The van der Waals surface area contributed by atoms with Gasteiger partial charge in [-0.1, -0.05) is 0 Å². The molecule has 0 radical (unpaired) electrons. The fourth-order valence-corrected chi connectivity index (χ4v) is 2.17. The number of nitrogens with zero attached hydrogens (tertiary/aromatic N) is 2. The lowest BCUT2D eigenvalue weighted by Gasteiger charge is -2.15. The van der Waals surface area contributed by atoms with Crippen LogP contribution in [-0.4, -0.2) is 44.5 Å². The van der Waals surface area contributed by atoms with Gasteiger partial charge in [0.15, 0.2) is 0 Å². The Hall–Kier alpha value is -1.44. The molecule has 2 heterocycles. The fourth-order valence-electron chi connectivity index (χ4n) is 2.17. The molecule has 0 bridgehead atoms. The summed E-state index contributed by atoms with van der Waals surface area (Å²) in [6, 6.07) is 0. The maximum atomic E-state index is 11.0. The summed E-state index contributed by atoms with van der Waals surface area (Å²) in [7, 11) is 0. The third-order valence-electron chi connectivity index (χ3n) is 3.10. The number of primary amides is 1. The van der Waals surface area contributed by atoms with Crippen molar-refractivity contribution in [3.8, 4) is 0 Å². The first-order valence-corrected chi connectivity index (χ1v) is 5.82. The number of aliphatic hydroxyl groups is 2. The molecule has 0 spiro atoms. The molecule has 3 atom stereocenters. The van der Waals surface area contributed by atoms with E-state index in [1.165, 1.54) is 6.20 Å². The van der Waals surface area contributed by atoms with Crippen molar-refractivity contribution in [1.82, 2.24) is 9.55 Å². The van der Waals surface area contributed by atoms with Gasteiger partial charge in [-0.2, -0.15) is 0 Å². The van der Waals surface area contributed by atoms with Crippen LogP contribution >= 0.6 is 0 Å². The minimum absolute atomic E-state index is 0.0378. The molecule has 3 unspecified atom stereocenters. The van der Waals surface area contributed by atoms with Crippen LogP contribution in [0.2, 0.25) is 0 Å². The van der Waals surface area contributed by atoms with Crippen molar-refractivity contribution in [2.75, 3.05) is 6.61 Å². The number of ether oxygens (including phenoxy) is 1. The number of amides is 1. The molecule has 7 nitrogen and oxygen atoms in total. The van der Waals surface area contributed by atoms with E-state index < -0.39 is 12.0 Å². The normalized spacial score (nSPS) is 27.6. The minimum Gasteiger partial charge on any atom is -0.396 e. The molecule has 0 aromatic carbocycles. The van der Waals surface area contributed by atoms with E-state index in [9.17, 15) is 9.90 Å². The first kappa shape index (κ1) is 13.0. The molecular weight excluding hydrogens is 238 g/mol. The van der Waals surface area contributed by atoms with Gasteiger partial charge >= 0.3 is 0 Å². The highest BCUT2D eigenvalue weighted by Gasteiger charge is 2.35. The van der Waals surface area contributed by atoms with Gasteiger partial charge in [0.25, 0.3) is 5.91 Å². The zero-order valence-corrected chi connectivity index (χ0v) is 10.1. The number of imidazole rings is 1. The Bertz CT molecular complexity index is 445. The molecule has 1 aliphatic rings. The lowest BCUT2D eigenvalue weighted by molar-refractivity contribution is -0.0295. The monoisotopic (exact) mass is 255 g/mol. The van der Waals surface area contributed by atoms with E-state index in [2.05, 4.69) is 4.98 Å². The van der Waals surface area contributed by atoms with E-state index in [4.69, 9.17) is 15.6 Å². The molecular formula is C11H17N3O4. The summed E-state index contributed by atoms with van der Waals surface area (Å²) in [6.07, 6.45) is 0.918. The minimum atomic E-state index is -0.624.